The van der Waals surface area contributed by atoms with Crippen molar-refractivity contribution in [3.8, 4) is 0 Å². The second kappa shape index (κ2) is 6.40. The second-order valence-corrected chi connectivity index (χ2v) is 4.85. The fourth-order valence-corrected chi connectivity index (χ4v) is 2.09. The molecule has 0 amide bonds. The number of ether oxygens (including phenoxy) is 1. The van der Waals surface area contributed by atoms with E-state index >= 15 is 0 Å². The molecular formula is C11H18F3N5O. The molecule has 1 unspecified atom stereocenters. The molecule has 0 radical (unpaired) electrons. The summed E-state index contributed by atoms with van der Waals surface area (Å²) in [6.07, 6.45) is -2.06. The third kappa shape index (κ3) is 4.64. The number of nitrogens with two attached hydrogens (primary N) is 1. The number of alkyl halides is 3. The molecule has 1 aromatic heterocycles. The lowest BCUT2D eigenvalue weighted by atomic mass is 10.1. The molecule has 6 nitrogen and oxygen atoms in total. The molecule has 0 saturated carbocycles. The lowest BCUT2D eigenvalue weighted by Crippen LogP contribution is -2.43. The summed E-state index contributed by atoms with van der Waals surface area (Å²) < 4.78 is 40.2. The van der Waals surface area contributed by atoms with E-state index in [0.29, 0.717) is 18.3 Å². The maximum atomic E-state index is 11.9. The van der Waals surface area contributed by atoms with E-state index in [1.54, 1.807) is 0 Å². The van der Waals surface area contributed by atoms with Gasteiger partial charge in [0.1, 0.15) is 12.4 Å². The Kier molecular flexibility index (Phi) is 4.81. The lowest BCUT2D eigenvalue weighted by Gasteiger charge is -2.29. The van der Waals surface area contributed by atoms with E-state index in [1.807, 2.05) is 4.90 Å². The fraction of sp³-hybridized carbons (Fsp3) is 0.818. The third-order valence-corrected chi connectivity index (χ3v) is 3.01. The van der Waals surface area contributed by atoms with Gasteiger partial charge in [-0.05, 0) is 12.8 Å². The standard InChI is InChI=1S/C11H18F3N5O/c12-11(13,14)7-20-5-3-9-16-10(18-17-9)19-4-1-2-8(15)6-19/h8H,1-7,15H2,(H,16,17,18). The summed E-state index contributed by atoms with van der Waals surface area (Å²) >= 11 is 0. The molecule has 2 heterocycles. The van der Waals surface area contributed by atoms with E-state index in [2.05, 4.69) is 19.9 Å². The number of hydrogen-bond acceptors (Lipinski definition) is 5. The quantitative estimate of drug-likeness (QED) is 0.787. The molecule has 0 bridgehead atoms. The summed E-state index contributed by atoms with van der Waals surface area (Å²) in [5.41, 5.74) is 5.87. The average molecular weight is 293 g/mol. The highest BCUT2D eigenvalue weighted by Crippen LogP contribution is 2.16. The Morgan fingerprint density at radius 1 is 1.45 bits per heavy atom. The van der Waals surface area contributed by atoms with Crippen LogP contribution in [0, 0.1) is 0 Å². The highest BCUT2D eigenvalue weighted by Gasteiger charge is 2.27. The van der Waals surface area contributed by atoms with Crippen LogP contribution in [0.25, 0.3) is 0 Å². The SMILES string of the molecule is NC1CCCN(c2n[nH]c(CCOCC(F)(F)F)n2)C1. The smallest absolute Gasteiger partial charge is 0.372 e. The first kappa shape index (κ1) is 15.0. The van der Waals surface area contributed by atoms with Crippen LogP contribution < -0.4 is 10.6 Å². The average Bonchev–Trinajstić information content (AvgIpc) is 2.82. The Balaban J connectivity index is 1.77. The van der Waals surface area contributed by atoms with Gasteiger partial charge in [0, 0.05) is 25.6 Å². The molecule has 1 atom stereocenters. The van der Waals surface area contributed by atoms with Crippen molar-refractivity contribution in [1.29, 1.82) is 0 Å². The van der Waals surface area contributed by atoms with E-state index in [9.17, 15) is 13.2 Å². The monoisotopic (exact) mass is 293 g/mol. The number of piperidine rings is 1. The Morgan fingerprint density at radius 2 is 2.25 bits per heavy atom. The summed E-state index contributed by atoms with van der Waals surface area (Å²) in [7, 11) is 0. The summed E-state index contributed by atoms with van der Waals surface area (Å²) in [5, 5.41) is 6.77. The van der Waals surface area contributed by atoms with Crippen LogP contribution in [0.15, 0.2) is 0 Å². The molecule has 114 valence electrons. The van der Waals surface area contributed by atoms with Gasteiger partial charge in [-0.15, -0.1) is 5.10 Å². The van der Waals surface area contributed by atoms with Gasteiger partial charge in [0.25, 0.3) is 0 Å². The zero-order chi connectivity index (χ0) is 14.6. The third-order valence-electron chi connectivity index (χ3n) is 3.01. The van der Waals surface area contributed by atoms with Crippen LogP contribution in [0.4, 0.5) is 19.1 Å². The fourth-order valence-electron chi connectivity index (χ4n) is 2.09. The van der Waals surface area contributed by atoms with Crippen molar-refractivity contribution in [1.82, 2.24) is 15.2 Å². The van der Waals surface area contributed by atoms with Crippen LogP contribution in [-0.2, 0) is 11.2 Å². The van der Waals surface area contributed by atoms with E-state index in [-0.39, 0.29) is 19.1 Å². The van der Waals surface area contributed by atoms with Crippen molar-refractivity contribution in [3.05, 3.63) is 5.82 Å². The first-order valence-corrected chi connectivity index (χ1v) is 6.50. The first-order valence-electron chi connectivity index (χ1n) is 6.50. The Labute approximate surface area is 114 Å². The number of nitrogens with zero attached hydrogens (tertiary/aromatic N) is 3. The lowest BCUT2D eigenvalue weighted by molar-refractivity contribution is -0.173. The van der Waals surface area contributed by atoms with Gasteiger partial charge in [0.15, 0.2) is 0 Å². The van der Waals surface area contributed by atoms with E-state index in [4.69, 9.17) is 5.73 Å². The van der Waals surface area contributed by atoms with Crippen molar-refractivity contribution in [2.24, 2.45) is 5.73 Å². The minimum atomic E-state index is -4.30. The number of hydrogen-bond donors (Lipinski definition) is 2. The Hall–Kier alpha value is -1.35. The predicted octanol–water partition coefficient (Wildman–Crippen LogP) is 0.854. The van der Waals surface area contributed by atoms with Gasteiger partial charge < -0.3 is 15.4 Å². The molecule has 0 aromatic carbocycles. The summed E-state index contributed by atoms with van der Waals surface area (Å²) in [5.74, 6) is 1.06. The van der Waals surface area contributed by atoms with Gasteiger partial charge in [-0.3, -0.25) is 5.10 Å². The highest BCUT2D eigenvalue weighted by molar-refractivity contribution is 5.29. The number of rotatable bonds is 5. The minimum absolute atomic E-state index is 0.0480. The predicted molar refractivity (Wildman–Crippen MR) is 66.4 cm³/mol. The molecule has 1 fully saturated rings. The molecule has 1 aliphatic heterocycles. The molecular weight excluding hydrogens is 275 g/mol. The number of anilines is 1. The summed E-state index contributed by atoms with van der Waals surface area (Å²) in [4.78, 5) is 6.22. The molecule has 1 saturated heterocycles. The highest BCUT2D eigenvalue weighted by atomic mass is 19.4. The maximum absolute atomic E-state index is 11.9. The Bertz CT molecular complexity index is 422. The van der Waals surface area contributed by atoms with Crippen molar-refractivity contribution in [2.75, 3.05) is 31.2 Å². The van der Waals surface area contributed by atoms with E-state index < -0.39 is 12.8 Å². The molecule has 0 spiro atoms. The Morgan fingerprint density at radius 3 is 2.95 bits per heavy atom. The molecule has 1 aromatic rings. The number of nitrogens with one attached hydrogen (secondary N) is 1. The van der Waals surface area contributed by atoms with Crippen LogP contribution in [0.5, 0.6) is 0 Å². The second-order valence-electron chi connectivity index (χ2n) is 4.85. The molecule has 9 heteroatoms. The van der Waals surface area contributed by atoms with Crippen LogP contribution in [0.3, 0.4) is 0 Å². The summed E-state index contributed by atoms with van der Waals surface area (Å²) in [6, 6.07) is 0.112. The maximum Gasteiger partial charge on any atom is 0.411 e. The molecule has 20 heavy (non-hydrogen) atoms. The van der Waals surface area contributed by atoms with Crippen LogP contribution in [0.1, 0.15) is 18.7 Å². The minimum Gasteiger partial charge on any atom is -0.372 e. The first-order chi connectivity index (χ1) is 9.44. The van der Waals surface area contributed by atoms with Gasteiger partial charge in [-0.25, -0.2) is 0 Å². The van der Waals surface area contributed by atoms with Crippen molar-refractivity contribution < 1.29 is 17.9 Å². The van der Waals surface area contributed by atoms with E-state index in [0.717, 1.165) is 19.4 Å². The van der Waals surface area contributed by atoms with Crippen molar-refractivity contribution in [3.63, 3.8) is 0 Å². The van der Waals surface area contributed by atoms with Gasteiger partial charge in [0.2, 0.25) is 5.95 Å². The largest absolute Gasteiger partial charge is 0.411 e. The van der Waals surface area contributed by atoms with E-state index in [1.165, 1.54) is 0 Å². The number of H-pyrrole nitrogens is 1. The van der Waals surface area contributed by atoms with Crippen LogP contribution in [-0.4, -0.2) is 53.7 Å². The van der Waals surface area contributed by atoms with Gasteiger partial charge >= 0.3 is 6.18 Å². The van der Waals surface area contributed by atoms with Gasteiger partial charge in [-0.1, -0.05) is 0 Å². The number of aromatic amines is 1. The zero-order valence-electron chi connectivity index (χ0n) is 11.0. The topological polar surface area (TPSA) is 80.1 Å². The van der Waals surface area contributed by atoms with Crippen LogP contribution in [0.2, 0.25) is 0 Å². The number of halogens is 3. The van der Waals surface area contributed by atoms with Gasteiger partial charge in [0.05, 0.1) is 6.61 Å². The van der Waals surface area contributed by atoms with Gasteiger partial charge in [-0.2, -0.15) is 18.2 Å². The molecule has 0 aliphatic carbocycles. The zero-order valence-corrected chi connectivity index (χ0v) is 11.0. The van der Waals surface area contributed by atoms with Crippen molar-refractivity contribution in [2.45, 2.75) is 31.5 Å². The number of aromatic nitrogens is 3. The molecule has 2 rings (SSSR count). The molecule has 1 aliphatic rings. The van der Waals surface area contributed by atoms with Crippen molar-refractivity contribution >= 4 is 5.95 Å². The summed E-state index contributed by atoms with van der Waals surface area (Å²) in [6.45, 7) is 0.250. The van der Waals surface area contributed by atoms with Crippen LogP contribution >= 0.6 is 0 Å². The molecule has 3 N–H and O–H groups in total. The normalized spacial score (nSPS) is 20.4.